The lowest BCUT2D eigenvalue weighted by Crippen LogP contribution is -2.13. The van der Waals surface area contributed by atoms with Gasteiger partial charge in [-0.15, -0.1) is 0 Å². The summed E-state index contributed by atoms with van der Waals surface area (Å²) < 4.78 is 0. The van der Waals surface area contributed by atoms with Gasteiger partial charge in [0.05, 0.1) is 0 Å². The Hall–Kier alpha value is -0.980. The first-order valence-electron chi connectivity index (χ1n) is 4.70. The van der Waals surface area contributed by atoms with Crippen molar-refractivity contribution in [3.63, 3.8) is 0 Å². The molecule has 0 saturated carbocycles. The van der Waals surface area contributed by atoms with Crippen molar-refractivity contribution in [3.8, 4) is 0 Å². The van der Waals surface area contributed by atoms with Gasteiger partial charge in [0, 0.05) is 19.8 Å². The molecule has 0 aromatic heterocycles. The first-order chi connectivity index (χ1) is 5.95. The molecular formula is C12H19N. The van der Waals surface area contributed by atoms with Gasteiger partial charge < -0.3 is 4.90 Å². The van der Waals surface area contributed by atoms with Gasteiger partial charge in [0.25, 0.3) is 0 Å². The van der Waals surface area contributed by atoms with E-state index in [4.69, 9.17) is 0 Å². The molecule has 1 nitrogen and oxygen atoms in total. The van der Waals surface area contributed by atoms with E-state index in [-0.39, 0.29) is 0 Å². The zero-order chi connectivity index (χ0) is 10.2. The zero-order valence-corrected chi connectivity index (χ0v) is 9.52. The van der Waals surface area contributed by atoms with E-state index >= 15 is 0 Å². The summed E-state index contributed by atoms with van der Waals surface area (Å²) in [6.07, 6.45) is 0. The Morgan fingerprint density at radius 3 is 1.85 bits per heavy atom. The lowest BCUT2D eigenvalue weighted by Gasteiger charge is -2.21. The Labute approximate surface area is 81.4 Å². The molecule has 0 radical (unpaired) electrons. The average molecular weight is 177 g/mol. The number of anilines is 1. The molecule has 0 atom stereocenters. The van der Waals surface area contributed by atoms with Crippen molar-refractivity contribution in [2.45, 2.75) is 27.7 Å². The van der Waals surface area contributed by atoms with Crippen LogP contribution in [0.15, 0.2) is 6.07 Å². The molecule has 1 aromatic carbocycles. The quantitative estimate of drug-likeness (QED) is 0.637. The monoisotopic (exact) mass is 177 g/mol. The second-order valence-corrected chi connectivity index (χ2v) is 4.00. The van der Waals surface area contributed by atoms with Crippen LogP contribution in [0, 0.1) is 27.7 Å². The summed E-state index contributed by atoms with van der Waals surface area (Å²) in [6, 6.07) is 2.26. The summed E-state index contributed by atoms with van der Waals surface area (Å²) in [5.41, 5.74) is 6.94. The third-order valence-corrected chi connectivity index (χ3v) is 2.76. The summed E-state index contributed by atoms with van der Waals surface area (Å²) in [6.45, 7) is 8.74. The van der Waals surface area contributed by atoms with E-state index in [0.717, 1.165) is 0 Å². The maximum atomic E-state index is 2.26. The molecule has 0 unspecified atom stereocenters. The van der Waals surface area contributed by atoms with Gasteiger partial charge in [-0.2, -0.15) is 0 Å². The highest BCUT2D eigenvalue weighted by Gasteiger charge is 2.08. The molecule has 0 aliphatic carbocycles. The average Bonchev–Trinajstić information content (AvgIpc) is 1.99. The second kappa shape index (κ2) is 3.41. The van der Waals surface area contributed by atoms with E-state index in [1.807, 2.05) is 0 Å². The van der Waals surface area contributed by atoms with Crippen molar-refractivity contribution >= 4 is 5.69 Å². The minimum Gasteiger partial charge on any atom is -0.377 e. The highest BCUT2D eigenvalue weighted by Crippen LogP contribution is 2.27. The molecule has 0 N–H and O–H groups in total. The van der Waals surface area contributed by atoms with Gasteiger partial charge in [0.1, 0.15) is 0 Å². The Balaban J connectivity index is 3.44. The van der Waals surface area contributed by atoms with Crippen molar-refractivity contribution in [1.82, 2.24) is 0 Å². The third kappa shape index (κ3) is 1.69. The molecule has 0 spiro atoms. The normalized spacial score (nSPS) is 10.3. The number of rotatable bonds is 1. The van der Waals surface area contributed by atoms with E-state index in [0.29, 0.717) is 0 Å². The molecule has 0 amide bonds. The predicted molar refractivity (Wildman–Crippen MR) is 59.7 cm³/mol. The van der Waals surface area contributed by atoms with Crippen molar-refractivity contribution in [2.75, 3.05) is 19.0 Å². The van der Waals surface area contributed by atoms with Crippen molar-refractivity contribution < 1.29 is 0 Å². The topological polar surface area (TPSA) is 3.24 Å². The minimum absolute atomic E-state index is 1.36. The first-order valence-corrected chi connectivity index (χ1v) is 4.70. The summed E-state index contributed by atoms with van der Waals surface area (Å²) >= 11 is 0. The standard InChI is InChI=1S/C12H19N/c1-8-7-9(2)12(13(5)6)11(4)10(8)3/h7H,1-6H3. The van der Waals surface area contributed by atoms with Crippen LogP contribution in [0.4, 0.5) is 5.69 Å². The fourth-order valence-electron chi connectivity index (χ4n) is 1.96. The van der Waals surface area contributed by atoms with Crippen LogP contribution in [0.5, 0.6) is 0 Å². The highest BCUT2D eigenvalue weighted by molar-refractivity contribution is 5.62. The maximum absolute atomic E-state index is 2.26. The predicted octanol–water partition coefficient (Wildman–Crippen LogP) is 2.99. The Kier molecular flexibility index (Phi) is 2.65. The Bertz CT molecular complexity index is 324. The molecule has 1 heteroatoms. The smallest absolute Gasteiger partial charge is 0.0423 e. The summed E-state index contributed by atoms with van der Waals surface area (Å²) in [5, 5.41) is 0. The van der Waals surface area contributed by atoms with Crippen LogP contribution in [0.1, 0.15) is 22.3 Å². The number of benzene rings is 1. The molecule has 1 aromatic rings. The molecule has 1 rings (SSSR count). The van der Waals surface area contributed by atoms with Crippen LogP contribution >= 0.6 is 0 Å². The molecule has 13 heavy (non-hydrogen) atoms. The van der Waals surface area contributed by atoms with Gasteiger partial charge in [-0.25, -0.2) is 0 Å². The lowest BCUT2D eigenvalue weighted by atomic mass is 9.98. The number of nitrogens with zero attached hydrogens (tertiary/aromatic N) is 1. The van der Waals surface area contributed by atoms with Crippen molar-refractivity contribution in [3.05, 3.63) is 28.3 Å². The van der Waals surface area contributed by atoms with Crippen LogP contribution in [0.3, 0.4) is 0 Å². The highest BCUT2D eigenvalue weighted by atomic mass is 15.1. The Morgan fingerprint density at radius 2 is 1.38 bits per heavy atom. The zero-order valence-electron chi connectivity index (χ0n) is 9.52. The van der Waals surface area contributed by atoms with Crippen LogP contribution in [-0.4, -0.2) is 14.1 Å². The van der Waals surface area contributed by atoms with E-state index in [2.05, 4.69) is 52.8 Å². The number of hydrogen-bond donors (Lipinski definition) is 0. The van der Waals surface area contributed by atoms with E-state index in [1.165, 1.54) is 27.9 Å². The fourth-order valence-corrected chi connectivity index (χ4v) is 1.96. The van der Waals surface area contributed by atoms with Gasteiger partial charge in [-0.05, 0) is 49.9 Å². The molecule has 0 bridgehead atoms. The van der Waals surface area contributed by atoms with E-state index < -0.39 is 0 Å². The molecule has 0 aliphatic rings. The lowest BCUT2D eigenvalue weighted by molar-refractivity contribution is 1.08. The van der Waals surface area contributed by atoms with E-state index in [9.17, 15) is 0 Å². The van der Waals surface area contributed by atoms with Gasteiger partial charge >= 0.3 is 0 Å². The molecule has 0 saturated heterocycles. The van der Waals surface area contributed by atoms with Crippen molar-refractivity contribution in [1.29, 1.82) is 0 Å². The fraction of sp³-hybridized carbons (Fsp3) is 0.500. The molecule has 0 fully saturated rings. The van der Waals surface area contributed by atoms with Crippen LogP contribution in [0.25, 0.3) is 0 Å². The van der Waals surface area contributed by atoms with Gasteiger partial charge in [0.2, 0.25) is 0 Å². The van der Waals surface area contributed by atoms with Gasteiger partial charge in [-0.1, -0.05) is 6.07 Å². The second-order valence-electron chi connectivity index (χ2n) is 4.00. The maximum Gasteiger partial charge on any atom is 0.0423 e. The van der Waals surface area contributed by atoms with Crippen LogP contribution in [-0.2, 0) is 0 Å². The van der Waals surface area contributed by atoms with Crippen LogP contribution < -0.4 is 4.90 Å². The van der Waals surface area contributed by atoms with Gasteiger partial charge in [0.15, 0.2) is 0 Å². The van der Waals surface area contributed by atoms with Crippen molar-refractivity contribution in [2.24, 2.45) is 0 Å². The van der Waals surface area contributed by atoms with Gasteiger partial charge in [-0.3, -0.25) is 0 Å². The summed E-state index contributed by atoms with van der Waals surface area (Å²) in [7, 11) is 4.20. The van der Waals surface area contributed by atoms with Crippen LogP contribution in [0.2, 0.25) is 0 Å². The first kappa shape index (κ1) is 10.1. The van der Waals surface area contributed by atoms with E-state index in [1.54, 1.807) is 0 Å². The number of aryl methyl sites for hydroxylation is 2. The molecule has 0 heterocycles. The molecular weight excluding hydrogens is 158 g/mol. The number of hydrogen-bond acceptors (Lipinski definition) is 1. The minimum atomic E-state index is 1.36. The third-order valence-electron chi connectivity index (χ3n) is 2.76. The molecule has 0 aliphatic heterocycles. The largest absolute Gasteiger partial charge is 0.377 e. The summed E-state index contributed by atoms with van der Waals surface area (Å²) in [4.78, 5) is 2.19. The summed E-state index contributed by atoms with van der Waals surface area (Å²) in [5.74, 6) is 0. The Morgan fingerprint density at radius 1 is 0.846 bits per heavy atom. The molecule has 72 valence electrons. The SMILES string of the molecule is Cc1cc(C)c(N(C)C)c(C)c1C.